The summed E-state index contributed by atoms with van der Waals surface area (Å²) in [6, 6.07) is 0.235. The Balaban J connectivity index is 1.78. The molecule has 0 fully saturated rings. The molecule has 2 aliphatic heterocycles. The number of nitrogens with zero attached hydrogens (tertiary/aromatic N) is 6. The van der Waals surface area contributed by atoms with E-state index in [1.54, 1.807) is 23.4 Å². The van der Waals surface area contributed by atoms with Crippen molar-refractivity contribution in [1.29, 1.82) is 0 Å². The second-order valence-corrected chi connectivity index (χ2v) is 7.87. The first-order valence-electron chi connectivity index (χ1n) is 9.71. The molecule has 0 saturated heterocycles. The predicted octanol–water partition coefficient (Wildman–Crippen LogP) is 2.22. The third-order valence-electron chi connectivity index (χ3n) is 5.04. The number of ether oxygens (including phenoxy) is 2. The molecule has 0 spiro atoms. The topological polar surface area (TPSA) is 85.6 Å². The van der Waals surface area contributed by atoms with Crippen LogP contribution >= 0.6 is 11.6 Å². The van der Waals surface area contributed by atoms with Gasteiger partial charge in [0.05, 0.1) is 7.11 Å². The summed E-state index contributed by atoms with van der Waals surface area (Å²) in [5.74, 6) is 2.58. The Labute approximate surface area is 185 Å². The Morgan fingerprint density at radius 1 is 1.23 bits per heavy atom. The first-order valence-corrected chi connectivity index (χ1v) is 10.1. The van der Waals surface area contributed by atoms with Crippen LogP contribution in [0.2, 0.25) is 0 Å². The molecular weight excluding hydrogens is 419 g/mol. The summed E-state index contributed by atoms with van der Waals surface area (Å²) in [5, 5.41) is 0.535. The molecule has 11 heteroatoms. The van der Waals surface area contributed by atoms with E-state index in [0.29, 0.717) is 40.2 Å². The molecule has 0 atom stereocenters. The Kier molecular flexibility index (Phi) is 5.57. The van der Waals surface area contributed by atoms with Crippen LogP contribution in [-0.4, -0.2) is 69.4 Å². The van der Waals surface area contributed by atoms with Gasteiger partial charge in [-0.1, -0.05) is 0 Å². The van der Waals surface area contributed by atoms with Crippen LogP contribution in [0.15, 0.2) is 29.2 Å². The fraction of sp³-hybridized carbons (Fsp3) is 0.350. The second-order valence-electron chi connectivity index (χ2n) is 7.43. The van der Waals surface area contributed by atoms with Crippen LogP contribution in [-0.2, 0) is 6.54 Å². The number of imidazole rings is 1. The molecule has 0 aliphatic carbocycles. The summed E-state index contributed by atoms with van der Waals surface area (Å²) in [6.07, 6.45) is 5.14. The van der Waals surface area contributed by atoms with E-state index in [4.69, 9.17) is 26.1 Å². The van der Waals surface area contributed by atoms with E-state index in [1.165, 1.54) is 14.2 Å². The van der Waals surface area contributed by atoms with Gasteiger partial charge < -0.3 is 0 Å². The number of methoxy groups -OCH3 is 2. The van der Waals surface area contributed by atoms with Gasteiger partial charge in [-0.3, -0.25) is 0 Å². The number of hydrogen-bond donors (Lipinski definition) is 0. The van der Waals surface area contributed by atoms with Gasteiger partial charge >= 0.3 is 178 Å². The molecular formula is C20H22BClN6O3. The Morgan fingerprint density at radius 3 is 2.68 bits per heavy atom. The maximum atomic E-state index is 13.3. The summed E-state index contributed by atoms with van der Waals surface area (Å²) in [4.78, 5) is 29.9. The molecule has 4 rings (SSSR count). The second kappa shape index (κ2) is 8.18. The molecule has 0 radical (unpaired) electrons. The molecule has 0 N–H and O–H groups in total. The zero-order chi connectivity index (χ0) is 22.3. The van der Waals surface area contributed by atoms with E-state index in [1.807, 2.05) is 43.3 Å². The number of aromatic nitrogens is 4. The quantitative estimate of drug-likeness (QED) is 0.659. The van der Waals surface area contributed by atoms with E-state index in [2.05, 4.69) is 9.97 Å². The minimum absolute atomic E-state index is 0.0408. The van der Waals surface area contributed by atoms with Gasteiger partial charge in [-0.2, -0.15) is 0 Å². The average molecular weight is 441 g/mol. The minimum atomic E-state index is -0.186. The van der Waals surface area contributed by atoms with Crippen molar-refractivity contribution in [1.82, 2.24) is 29.2 Å². The predicted molar refractivity (Wildman–Crippen MR) is 118 cm³/mol. The molecule has 2 aliphatic rings. The van der Waals surface area contributed by atoms with Crippen molar-refractivity contribution >= 4 is 30.5 Å². The molecule has 31 heavy (non-hydrogen) atoms. The monoisotopic (exact) mass is 440 g/mol. The fourth-order valence-corrected chi connectivity index (χ4v) is 3.94. The van der Waals surface area contributed by atoms with Crippen molar-refractivity contribution in [3.8, 4) is 23.3 Å². The number of amides is 1. The average Bonchev–Trinajstić information content (AvgIpc) is 3.21. The van der Waals surface area contributed by atoms with Crippen LogP contribution in [0.4, 0.5) is 0 Å². The van der Waals surface area contributed by atoms with Gasteiger partial charge in [0.1, 0.15) is 0 Å². The standard InChI is InChI=1S/C20H22BClN6O3/c1-11(2)28-15-10-27(13-6-12(22)9-26(3)21-7-13)19(29)16(15)24-17(28)14-8-23-20(31-5)25-18(14)30-4/h6-9,11H,10H2,1-5H3. The van der Waals surface area contributed by atoms with Crippen LogP contribution < -0.4 is 9.47 Å². The van der Waals surface area contributed by atoms with Crippen molar-refractivity contribution in [3.63, 3.8) is 0 Å². The molecule has 0 saturated carbocycles. The first kappa shape index (κ1) is 21.1. The first-order chi connectivity index (χ1) is 14.8. The number of allylic oxidation sites excluding steroid dienone is 3. The van der Waals surface area contributed by atoms with E-state index >= 15 is 0 Å². The fourth-order valence-electron chi connectivity index (χ4n) is 3.68. The maximum absolute atomic E-state index is 13.3. The summed E-state index contributed by atoms with van der Waals surface area (Å²) in [7, 11) is 6.74. The molecule has 0 bridgehead atoms. The summed E-state index contributed by atoms with van der Waals surface area (Å²) in [5.41, 5.74) is 2.51. The van der Waals surface area contributed by atoms with Crippen LogP contribution in [0, 0.1) is 0 Å². The molecule has 1 amide bonds. The third kappa shape index (κ3) is 3.72. The molecule has 0 unspecified atom stereocenters. The number of halogens is 1. The van der Waals surface area contributed by atoms with Crippen molar-refractivity contribution < 1.29 is 14.3 Å². The van der Waals surface area contributed by atoms with Crippen LogP contribution in [0.25, 0.3) is 11.4 Å². The van der Waals surface area contributed by atoms with Gasteiger partial charge in [-0.05, 0) is 0 Å². The molecule has 0 aromatic carbocycles. The number of hydrogen-bond acceptors (Lipinski definition) is 7. The summed E-state index contributed by atoms with van der Waals surface area (Å²) in [6.45, 7) is 4.45. The van der Waals surface area contributed by atoms with Crippen LogP contribution in [0.1, 0.15) is 36.1 Å². The van der Waals surface area contributed by atoms with Gasteiger partial charge in [0.25, 0.3) is 0 Å². The van der Waals surface area contributed by atoms with Crippen molar-refractivity contribution in [2.75, 3.05) is 21.3 Å². The van der Waals surface area contributed by atoms with Gasteiger partial charge in [0.15, 0.2) is 0 Å². The number of rotatable bonds is 5. The summed E-state index contributed by atoms with van der Waals surface area (Å²) < 4.78 is 12.5. The van der Waals surface area contributed by atoms with E-state index in [9.17, 15) is 4.79 Å². The van der Waals surface area contributed by atoms with Gasteiger partial charge in [0.2, 0.25) is 0 Å². The molecule has 2 aromatic rings. The van der Waals surface area contributed by atoms with Gasteiger partial charge in [0, 0.05) is 0 Å². The molecule has 9 nitrogen and oxygen atoms in total. The van der Waals surface area contributed by atoms with Crippen LogP contribution in [0.5, 0.6) is 11.9 Å². The SMILES string of the molecule is COc1ncc(-c2nc3c(n2C(C)C)CN(C2=CC(Cl)=CN(C)B=C2)C3=O)c(OC)n1. The summed E-state index contributed by atoms with van der Waals surface area (Å²) >= 11 is 6.27. The molecule has 4 heterocycles. The number of fused-ring (bicyclic) bond motifs is 1. The Morgan fingerprint density at radius 2 is 2.00 bits per heavy atom. The van der Waals surface area contributed by atoms with E-state index in [0.717, 1.165) is 5.69 Å². The van der Waals surface area contributed by atoms with Gasteiger partial charge in [-0.25, -0.2) is 0 Å². The zero-order valence-corrected chi connectivity index (χ0v) is 18.7. The number of carbonyl (C=O) groups is 1. The number of carbonyl (C=O) groups excluding carboxylic acids is 1. The Hall–Kier alpha value is -3.14. The third-order valence-corrected chi connectivity index (χ3v) is 5.24. The Bertz CT molecular complexity index is 1140. The zero-order valence-electron chi connectivity index (χ0n) is 18.0. The van der Waals surface area contributed by atoms with Crippen molar-refractivity contribution in [2.45, 2.75) is 26.4 Å². The van der Waals surface area contributed by atoms with Crippen LogP contribution in [0.3, 0.4) is 0 Å². The molecule has 160 valence electrons. The van der Waals surface area contributed by atoms with E-state index in [-0.39, 0.29) is 18.0 Å². The van der Waals surface area contributed by atoms with E-state index < -0.39 is 0 Å². The van der Waals surface area contributed by atoms with Crippen molar-refractivity contribution in [2.24, 2.45) is 0 Å². The normalized spacial score (nSPS) is 15.5. The van der Waals surface area contributed by atoms with Crippen molar-refractivity contribution in [3.05, 3.63) is 40.6 Å². The molecule has 2 aromatic heterocycles. The van der Waals surface area contributed by atoms with Gasteiger partial charge in [-0.15, -0.1) is 0 Å².